The van der Waals surface area contributed by atoms with E-state index >= 15 is 0 Å². The Morgan fingerprint density at radius 1 is 1.06 bits per heavy atom. The summed E-state index contributed by atoms with van der Waals surface area (Å²) in [5, 5.41) is 0. The molecule has 0 aliphatic heterocycles. The van der Waals surface area contributed by atoms with E-state index in [2.05, 4.69) is 52.0 Å². The summed E-state index contributed by atoms with van der Waals surface area (Å²) in [5.74, 6) is 1.54. The normalized spacial score (nSPS) is 21.1. The summed E-state index contributed by atoms with van der Waals surface area (Å²) in [5.41, 5.74) is 3.12. The molecule has 0 bridgehead atoms. The minimum absolute atomic E-state index is 0.768. The molecule has 0 aromatic carbocycles. The van der Waals surface area contributed by atoms with Crippen LogP contribution >= 0.6 is 0 Å². The first kappa shape index (κ1) is 15.2. The second kappa shape index (κ2) is 8.38. The van der Waals surface area contributed by atoms with Crippen molar-refractivity contribution >= 4 is 0 Å². The second-order valence-corrected chi connectivity index (χ2v) is 4.37. The molecule has 0 aromatic heterocycles. The Balaban J connectivity index is 0.00000106. The van der Waals surface area contributed by atoms with E-state index in [0.29, 0.717) is 0 Å². The first-order chi connectivity index (χ1) is 7.70. The third-order valence-corrected chi connectivity index (χ3v) is 3.01. The second-order valence-electron chi connectivity index (χ2n) is 4.37. The first-order valence-corrected chi connectivity index (χ1v) is 6.69. The van der Waals surface area contributed by atoms with Gasteiger partial charge >= 0.3 is 0 Å². The van der Waals surface area contributed by atoms with Crippen LogP contribution < -0.4 is 0 Å². The van der Waals surface area contributed by atoms with Gasteiger partial charge in [0, 0.05) is 0 Å². The van der Waals surface area contributed by atoms with Gasteiger partial charge in [-0.3, -0.25) is 0 Å². The molecule has 0 heterocycles. The average molecular weight is 220 g/mol. The van der Waals surface area contributed by atoms with Crippen LogP contribution in [0.5, 0.6) is 0 Å². The van der Waals surface area contributed by atoms with Gasteiger partial charge in [0.25, 0.3) is 0 Å². The zero-order valence-electron chi connectivity index (χ0n) is 11.9. The molecule has 1 unspecified atom stereocenters. The molecule has 1 atom stereocenters. The third kappa shape index (κ3) is 4.00. The topological polar surface area (TPSA) is 0 Å². The zero-order chi connectivity index (χ0) is 12.6. The summed E-state index contributed by atoms with van der Waals surface area (Å²) in [7, 11) is 0. The molecule has 1 aliphatic carbocycles. The zero-order valence-corrected chi connectivity index (χ0v) is 11.9. The minimum atomic E-state index is 0.768. The maximum atomic E-state index is 2.33. The predicted octanol–water partition coefficient (Wildman–Crippen LogP) is 5.53. The van der Waals surface area contributed by atoms with Gasteiger partial charge in [-0.1, -0.05) is 52.0 Å². The summed E-state index contributed by atoms with van der Waals surface area (Å²) < 4.78 is 0. The number of hydrogen-bond donors (Lipinski definition) is 0. The highest BCUT2D eigenvalue weighted by Crippen LogP contribution is 2.38. The smallest absolute Gasteiger partial charge is 0.0133 e. The molecule has 0 fully saturated rings. The fourth-order valence-electron chi connectivity index (χ4n) is 2.33. The van der Waals surface area contributed by atoms with Gasteiger partial charge in [-0.15, -0.1) is 0 Å². The van der Waals surface area contributed by atoms with Crippen molar-refractivity contribution in [2.75, 3.05) is 0 Å². The summed E-state index contributed by atoms with van der Waals surface area (Å²) >= 11 is 0. The lowest BCUT2D eigenvalue weighted by Crippen LogP contribution is -2.06. The molecule has 0 amide bonds. The molecule has 1 rings (SSSR count). The molecule has 1 aliphatic rings. The highest BCUT2D eigenvalue weighted by Gasteiger charge is 2.24. The highest BCUT2D eigenvalue weighted by molar-refractivity contribution is 5.38. The van der Waals surface area contributed by atoms with Gasteiger partial charge < -0.3 is 0 Å². The Morgan fingerprint density at radius 3 is 2.06 bits per heavy atom. The summed E-state index contributed by atoms with van der Waals surface area (Å²) in [6, 6.07) is 0. The number of rotatable bonds is 3. The monoisotopic (exact) mass is 220 g/mol. The van der Waals surface area contributed by atoms with E-state index < -0.39 is 0 Å². The van der Waals surface area contributed by atoms with Gasteiger partial charge in [0.1, 0.15) is 0 Å². The van der Waals surface area contributed by atoms with Crippen LogP contribution in [0.4, 0.5) is 0 Å². The minimum Gasteiger partial charge on any atom is -0.0874 e. The molecular weight excluding hydrogens is 192 g/mol. The van der Waals surface area contributed by atoms with Crippen LogP contribution in [0.1, 0.15) is 54.4 Å². The molecule has 0 heteroatoms. The standard InChI is InChI=1S/C14H22.C2H6/c1-5-7-12-9-10-13(11(3)4)14(12)8-6-2;1-2/h5-8,11,13H,9-10H2,1-4H3;1-2H3/b7-5-,8-6-;. The van der Waals surface area contributed by atoms with Crippen LogP contribution in [-0.2, 0) is 0 Å². The summed E-state index contributed by atoms with van der Waals surface area (Å²) in [6.07, 6.45) is 11.5. The van der Waals surface area contributed by atoms with Gasteiger partial charge in [0.15, 0.2) is 0 Å². The Labute approximate surface area is 102 Å². The van der Waals surface area contributed by atoms with E-state index in [1.807, 2.05) is 13.8 Å². The van der Waals surface area contributed by atoms with Crippen molar-refractivity contribution in [1.82, 2.24) is 0 Å². The van der Waals surface area contributed by atoms with Crippen molar-refractivity contribution in [2.45, 2.75) is 54.4 Å². The van der Waals surface area contributed by atoms with Crippen LogP contribution in [0.2, 0.25) is 0 Å². The average Bonchev–Trinajstić information content (AvgIpc) is 2.66. The highest BCUT2D eigenvalue weighted by atomic mass is 14.3. The lowest BCUT2D eigenvalue weighted by atomic mass is 9.89. The lowest BCUT2D eigenvalue weighted by molar-refractivity contribution is 0.446. The van der Waals surface area contributed by atoms with E-state index in [4.69, 9.17) is 0 Å². The van der Waals surface area contributed by atoms with Gasteiger partial charge in [-0.2, -0.15) is 0 Å². The van der Waals surface area contributed by atoms with Gasteiger partial charge in [0.05, 0.1) is 0 Å². The molecule has 0 radical (unpaired) electrons. The quantitative estimate of drug-likeness (QED) is 0.587. The van der Waals surface area contributed by atoms with E-state index in [-0.39, 0.29) is 0 Å². The number of allylic oxidation sites excluding steroid dienone is 6. The maximum absolute atomic E-state index is 2.33. The van der Waals surface area contributed by atoms with E-state index in [1.165, 1.54) is 12.8 Å². The van der Waals surface area contributed by atoms with E-state index in [1.54, 1.807) is 11.1 Å². The van der Waals surface area contributed by atoms with Crippen molar-refractivity contribution in [2.24, 2.45) is 11.8 Å². The lowest BCUT2D eigenvalue weighted by Gasteiger charge is -2.16. The first-order valence-electron chi connectivity index (χ1n) is 6.69. The van der Waals surface area contributed by atoms with Crippen molar-refractivity contribution in [3.05, 3.63) is 35.5 Å². The Morgan fingerprint density at radius 2 is 1.62 bits per heavy atom. The van der Waals surface area contributed by atoms with E-state index in [0.717, 1.165) is 11.8 Å². The predicted molar refractivity (Wildman–Crippen MR) is 75.6 cm³/mol. The Hall–Kier alpha value is -0.780. The van der Waals surface area contributed by atoms with Crippen LogP contribution in [-0.4, -0.2) is 0 Å². The Bertz CT molecular complexity index is 264. The molecule has 0 nitrogen and oxygen atoms in total. The van der Waals surface area contributed by atoms with Crippen molar-refractivity contribution < 1.29 is 0 Å². The van der Waals surface area contributed by atoms with Gasteiger partial charge in [0.2, 0.25) is 0 Å². The molecule has 0 aromatic rings. The van der Waals surface area contributed by atoms with Crippen LogP contribution in [0.25, 0.3) is 0 Å². The molecule has 0 N–H and O–H groups in total. The van der Waals surface area contributed by atoms with Crippen LogP contribution in [0, 0.1) is 11.8 Å². The van der Waals surface area contributed by atoms with Crippen molar-refractivity contribution in [3.63, 3.8) is 0 Å². The van der Waals surface area contributed by atoms with Crippen LogP contribution in [0.15, 0.2) is 35.5 Å². The maximum Gasteiger partial charge on any atom is -0.0133 e. The molecular formula is C16H28. The van der Waals surface area contributed by atoms with Crippen LogP contribution in [0.3, 0.4) is 0 Å². The Kier molecular flexibility index (Phi) is 7.97. The van der Waals surface area contributed by atoms with Gasteiger partial charge in [-0.05, 0) is 49.7 Å². The molecule has 0 saturated heterocycles. The fourth-order valence-corrected chi connectivity index (χ4v) is 2.33. The SMILES string of the molecule is C/C=C\C1=C(/C=C\C)C(C(C)C)CC1.CC. The molecule has 16 heavy (non-hydrogen) atoms. The third-order valence-electron chi connectivity index (χ3n) is 3.01. The van der Waals surface area contributed by atoms with Crippen molar-refractivity contribution in [1.29, 1.82) is 0 Å². The largest absolute Gasteiger partial charge is 0.0874 e. The van der Waals surface area contributed by atoms with Crippen molar-refractivity contribution in [3.8, 4) is 0 Å². The van der Waals surface area contributed by atoms with Gasteiger partial charge in [-0.25, -0.2) is 0 Å². The number of hydrogen-bond acceptors (Lipinski definition) is 0. The summed E-state index contributed by atoms with van der Waals surface area (Å²) in [6.45, 7) is 12.9. The van der Waals surface area contributed by atoms with E-state index in [9.17, 15) is 0 Å². The summed E-state index contributed by atoms with van der Waals surface area (Å²) in [4.78, 5) is 0. The molecule has 92 valence electrons. The fraction of sp³-hybridized carbons (Fsp3) is 0.625. The molecule has 0 saturated carbocycles. The molecule has 0 spiro atoms.